The lowest BCUT2D eigenvalue weighted by molar-refractivity contribution is -0.122. The quantitative estimate of drug-likeness (QED) is 0.672. The van der Waals surface area contributed by atoms with Crippen LogP contribution < -0.4 is 10.9 Å². The first-order chi connectivity index (χ1) is 15.1. The van der Waals surface area contributed by atoms with Gasteiger partial charge in [0.15, 0.2) is 0 Å². The summed E-state index contributed by atoms with van der Waals surface area (Å²) in [6, 6.07) is 18.0. The van der Waals surface area contributed by atoms with Crippen LogP contribution in [0, 0.1) is 0 Å². The first kappa shape index (κ1) is 20.0. The molecule has 2 fully saturated rings. The van der Waals surface area contributed by atoms with Crippen LogP contribution in [-0.2, 0) is 18.4 Å². The molecule has 0 spiro atoms. The largest absolute Gasteiger partial charge is 0.325 e. The Bertz CT molecular complexity index is 1160. The maximum Gasteiger partial charge on any atom is 0.255 e. The molecule has 2 heterocycles. The van der Waals surface area contributed by atoms with Crippen molar-refractivity contribution in [3.8, 4) is 0 Å². The van der Waals surface area contributed by atoms with Crippen LogP contribution in [0.3, 0.4) is 0 Å². The number of carbonyl (C=O) groups excluding carboxylic acids is 1. The van der Waals surface area contributed by atoms with Crippen LogP contribution in [0.1, 0.15) is 49.1 Å². The smallest absolute Gasteiger partial charge is 0.255 e. The summed E-state index contributed by atoms with van der Waals surface area (Å²) in [4.78, 5) is 28.2. The number of pyridine rings is 1. The maximum absolute atomic E-state index is 13.1. The number of nitrogens with zero attached hydrogens (tertiary/aromatic N) is 2. The molecule has 1 N–H and O–H groups in total. The van der Waals surface area contributed by atoms with E-state index in [-0.39, 0.29) is 17.5 Å². The van der Waals surface area contributed by atoms with Crippen LogP contribution in [0.15, 0.2) is 59.4 Å². The highest BCUT2D eigenvalue weighted by Gasteiger charge is 2.30. The fraction of sp³-hybridized carbons (Fsp3) is 0.385. The minimum absolute atomic E-state index is 0.0131. The van der Waals surface area contributed by atoms with Crippen molar-refractivity contribution in [2.24, 2.45) is 7.05 Å². The van der Waals surface area contributed by atoms with E-state index in [4.69, 9.17) is 0 Å². The van der Waals surface area contributed by atoms with Crippen molar-refractivity contribution in [2.45, 2.75) is 50.6 Å². The highest BCUT2D eigenvalue weighted by Crippen LogP contribution is 2.40. The van der Waals surface area contributed by atoms with Crippen molar-refractivity contribution in [1.82, 2.24) is 9.47 Å². The third-order valence-corrected chi connectivity index (χ3v) is 6.72. The Morgan fingerprint density at radius 2 is 1.81 bits per heavy atom. The van der Waals surface area contributed by atoms with Crippen LogP contribution >= 0.6 is 0 Å². The molecule has 31 heavy (non-hydrogen) atoms. The summed E-state index contributed by atoms with van der Waals surface area (Å²) in [5.74, 6) is 0.736. The van der Waals surface area contributed by atoms with Crippen molar-refractivity contribution >= 4 is 22.5 Å². The lowest BCUT2D eigenvalue weighted by atomic mass is 10.00. The lowest BCUT2D eigenvalue weighted by Crippen LogP contribution is -2.47. The number of hydrogen-bond donors (Lipinski definition) is 1. The molecule has 3 aromatic rings. The molecule has 5 heteroatoms. The number of hydrogen-bond acceptors (Lipinski definition) is 3. The molecule has 0 radical (unpaired) electrons. The fourth-order valence-corrected chi connectivity index (χ4v) is 4.78. The molecule has 2 aliphatic rings. The molecule has 5 nitrogen and oxygen atoms in total. The van der Waals surface area contributed by atoms with Gasteiger partial charge in [0.05, 0.1) is 11.6 Å². The number of carbonyl (C=O) groups is 1. The highest BCUT2D eigenvalue weighted by atomic mass is 16.2. The summed E-state index contributed by atoms with van der Waals surface area (Å²) in [5.41, 5.74) is 3.90. The van der Waals surface area contributed by atoms with Gasteiger partial charge in [-0.2, -0.15) is 0 Å². The van der Waals surface area contributed by atoms with E-state index >= 15 is 0 Å². The van der Waals surface area contributed by atoms with Crippen LogP contribution in [0.5, 0.6) is 0 Å². The second-order valence-corrected chi connectivity index (χ2v) is 8.96. The molecule has 1 aliphatic carbocycles. The third kappa shape index (κ3) is 4.15. The van der Waals surface area contributed by atoms with Gasteiger partial charge in [-0.25, -0.2) is 0 Å². The summed E-state index contributed by atoms with van der Waals surface area (Å²) >= 11 is 0. The molecule has 1 saturated heterocycles. The SMILES string of the molecule is Cn1c(=O)c(CN2CCCC[C@@H]2C(=O)Nc2ccc(C3CC3)cc2)cc2ccccc21. The van der Waals surface area contributed by atoms with Gasteiger partial charge in [0.1, 0.15) is 0 Å². The molecule has 2 aromatic carbocycles. The zero-order valence-electron chi connectivity index (χ0n) is 18.0. The number of para-hydroxylation sites is 1. The number of rotatable bonds is 5. The van der Waals surface area contributed by atoms with Gasteiger partial charge in [0.25, 0.3) is 5.56 Å². The van der Waals surface area contributed by atoms with E-state index in [0.29, 0.717) is 12.5 Å². The second-order valence-electron chi connectivity index (χ2n) is 8.96. The molecule has 1 saturated carbocycles. The van der Waals surface area contributed by atoms with Crippen molar-refractivity contribution in [2.75, 3.05) is 11.9 Å². The second kappa shape index (κ2) is 8.31. The highest BCUT2D eigenvalue weighted by molar-refractivity contribution is 5.95. The molecule has 1 aromatic heterocycles. The van der Waals surface area contributed by atoms with Crippen molar-refractivity contribution in [1.29, 1.82) is 0 Å². The number of fused-ring (bicyclic) bond motifs is 1. The average Bonchev–Trinajstić information content (AvgIpc) is 3.64. The number of nitrogens with one attached hydrogen (secondary N) is 1. The van der Waals surface area contributed by atoms with Crippen LogP contribution in [0.25, 0.3) is 10.9 Å². The first-order valence-corrected chi connectivity index (χ1v) is 11.3. The van der Waals surface area contributed by atoms with Gasteiger partial charge in [0, 0.05) is 24.8 Å². The van der Waals surface area contributed by atoms with Gasteiger partial charge < -0.3 is 9.88 Å². The van der Waals surface area contributed by atoms with Crippen molar-refractivity contribution in [3.63, 3.8) is 0 Å². The molecule has 0 bridgehead atoms. The normalized spacial score (nSPS) is 19.5. The van der Waals surface area contributed by atoms with Gasteiger partial charge in [-0.05, 0) is 73.4 Å². The average molecular weight is 416 g/mol. The van der Waals surface area contributed by atoms with E-state index in [1.54, 1.807) is 4.57 Å². The Balaban J connectivity index is 1.34. The monoisotopic (exact) mass is 415 g/mol. The maximum atomic E-state index is 13.1. The molecular weight excluding hydrogens is 386 g/mol. The van der Waals surface area contributed by atoms with E-state index in [2.05, 4.69) is 22.3 Å². The minimum atomic E-state index is -0.215. The van der Waals surface area contributed by atoms with E-state index in [9.17, 15) is 9.59 Å². The molecule has 1 atom stereocenters. The molecule has 0 unspecified atom stereocenters. The van der Waals surface area contributed by atoms with Gasteiger partial charge in [-0.3, -0.25) is 14.5 Å². The first-order valence-electron chi connectivity index (χ1n) is 11.3. The summed E-state index contributed by atoms with van der Waals surface area (Å²) < 4.78 is 1.71. The van der Waals surface area contributed by atoms with Crippen LogP contribution in [0.4, 0.5) is 5.69 Å². The van der Waals surface area contributed by atoms with Gasteiger partial charge in [-0.15, -0.1) is 0 Å². The zero-order chi connectivity index (χ0) is 21.4. The number of aryl methyl sites for hydroxylation is 1. The van der Waals surface area contributed by atoms with E-state index in [1.807, 2.05) is 49.5 Å². The lowest BCUT2D eigenvalue weighted by Gasteiger charge is -2.34. The fourth-order valence-electron chi connectivity index (χ4n) is 4.78. The minimum Gasteiger partial charge on any atom is -0.325 e. The van der Waals surface area contributed by atoms with Gasteiger partial charge in [0.2, 0.25) is 5.91 Å². The number of benzene rings is 2. The topological polar surface area (TPSA) is 54.3 Å². The summed E-state index contributed by atoms with van der Waals surface area (Å²) in [5, 5.41) is 4.16. The Labute approximate surface area is 182 Å². The van der Waals surface area contributed by atoms with Crippen LogP contribution in [0.2, 0.25) is 0 Å². The van der Waals surface area contributed by atoms with Crippen molar-refractivity contribution < 1.29 is 4.79 Å². The predicted octanol–water partition coefficient (Wildman–Crippen LogP) is 4.41. The third-order valence-electron chi connectivity index (χ3n) is 6.72. The van der Waals surface area contributed by atoms with Gasteiger partial charge in [-0.1, -0.05) is 36.8 Å². The number of piperidine rings is 1. The molecule has 160 valence electrons. The Hall–Kier alpha value is -2.92. The number of anilines is 1. The zero-order valence-corrected chi connectivity index (χ0v) is 18.0. The Morgan fingerprint density at radius 3 is 2.58 bits per heavy atom. The van der Waals surface area contributed by atoms with Crippen molar-refractivity contribution in [3.05, 3.63) is 76.1 Å². The number of aromatic nitrogens is 1. The number of likely N-dealkylation sites (tertiary alicyclic amines) is 1. The summed E-state index contributed by atoms with van der Waals surface area (Å²) in [6.45, 7) is 1.32. The molecule has 5 rings (SSSR count). The number of amides is 1. The standard InChI is InChI=1S/C26H29N3O2/c1-28-23-7-3-2-6-20(23)16-21(26(28)31)17-29-15-5-4-8-24(29)25(30)27-22-13-11-19(12-14-22)18-9-10-18/h2-3,6-7,11-14,16,18,24H,4-5,8-10,15,17H2,1H3,(H,27,30)/t24-/m1/s1. The summed E-state index contributed by atoms with van der Waals surface area (Å²) in [6.07, 6.45) is 5.45. The Kier molecular flexibility index (Phi) is 5.36. The molecular formula is C26H29N3O2. The van der Waals surface area contributed by atoms with E-state index < -0.39 is 0 Å². The molecule has 1 amide bonds. The van der Waals surface area contributed by atoms with E-state index in [1.165, 1.54) is 18.4 Å². The van der Waals surface area contributed by atoms with Gasteiger partial charge >= 0.3 is 0 Å². The molecule has 1 aliphatic heterocycles. The van der Waals surface area contributed by atoms with Crippen LogP contribution in [-0.4, -0.2) is 28.0 Å². The van der Waals surface area contributed by atoms with E-state index in [0.717, 1.165) is 48.0 Å². The predicted molar refractivity (Wildman–Crippen MR) is 124 cm³/mol. The Morgan fingerprint density at radius 1 is 1.03 bits per heavy atom. The summed E-state index contributed by atoms with van der Waals surface area (Å²) in [7, 11) is 1.82.